The van der Waals surface area contributed by atoms with E-state index in [1.807, 2.05) is 38.2 Å². The third-order valence-corrected chi connectivity index (χ3v) is 6.75. The highest BCUT2D eigenvalue weighted by Gasteiger charge is 2.61. The summed E-state index contributed by atoms with van der Waals surface area (Å²) in [5.74, 6) is -0.284. The second kappa shape index (κ2) is 10.8. The van der Waals surface area contributed by atoms with Crippen molar-refractivity contribution in [2.45, 2.75) is 44.9 Å². The topological polar surface area (TPSA) is 66.8 Å². The van der Waals surface area contributed by atoms with Gasteiger partial charge in [0.2, 0.25) is 0 Å². The summed E-state index contributed by atoms with van der Waals surface area (Å²) in [4.78, 5) is 23.6. The number of anilines is 1. The maximum Gasteiger partial charge on any atom is 0.338 e. The molecule has 0 bridgehead atoms. The highest BCUT2D eigenvalue weighted by molar-refractivity contribution is 8.15. The molecule has 1 aliphatic carbocycles. The molecule has 6 nitrogen and oxygen atoms in total. The molecule has 1 N–H and O–H groups in total. The van der Waals surface area contributed by atoms with Gasteiger partial charge in [0.25, 0.3) is 0 Å². The van der Waals surface area contributed by atoms with Crippen molar-refractivity contribution >= 4 is 28.6 Å². The molecule has 4 rings (SSSR count). The number of benzene rings is 1. The number of esters is 1. The Bertz CT molecular complexity index is 891. The fraction of sp³-hybridized carbons (Fsp3) is 0.458. The predicted molar refractivity (Wildman–Crippen MR) is 131 cm³/mol. The number of likely N-dealkylation sites (N-methyl/N-ethyl adjacent to an activating group) is 1. The second-order valence-electron chi connectivity index (χ2n) is 7.26. The molecule has 2 atom stereocenters. The van der Waals surface area contributed by atoms with E-state index >= 15 is 0 Å². The van der Waals surface area contributed by atoms with Gasteiger partial charge in [0.15, 0.2) is 5.17 Å². The van der Waals surface area contributed by atoms with Crippen LogP contribution in [0.25, 0.3) is 0 Å². The van der Waals surface area contributed by atoms with Crippen molar-refractivity contribution < 1.29 is 11.0 Å². The van der Waals surface area contributed by atoms with Crippen LogP contribution >= 0.6 is 11.8 Å². The van der Waals surface area contributed by atoms with Crippen LogP contribution in [0.15, 0.2) is 53.8 Å². The molecular weight excluding hydrogens is 408 g/mol. The summed E-state index contributed by atoms with van der Waals surface area (Å²) in [6.45, 7) is 11.3. The molecule has 1 saturated carbocycles. The normalized spacial score (nSPS) is 20.9. The van der Waals surface area contributed by atoms with Gasteiger partial charge in [0.1, 0.15) is 12.1 Å². The minimum Gasteiger partial charge on any atom is -0.461 e. The molecule has 7 heteroatoms. The first-order valence-corrected chi connectivity index (χ1v) is 12.0. The minimum absolute atomic E-state index is 0. The minimum atomic E-state index is -0.284. The zero-order chi connectivity index (χ0) is 22.3. The van der Waals surface area contributed by atoms with Crippen LogP contribution in [0.2, 0.25) is 0 Å². The maximum atomic E-state index is 12.2. The fourth-order valence-corrected chi connectivity index (χ4v) is 4.95. The van der Waals surface area contributed by atoms with E-state index in [0.29, 0.717) is 17.4 Å². The number of fused-ring (bicyclic) bond motifs is 1. The highest BCUT2D eigenvalue weighted by Crippen LogP contribution is 2.61. The molecule has 0 amide bonds. The van der Waals surface area contributed by atoms with Gasteiger partial charge in [-0.15, -0.1) is 0 Å². The van der Waals surface area contributed by atoms with Gasteiger partial charge in [0.05, 0.1) is 5.56 Å². The molecule has 1 aromatic heterocycles. The first-order chi connectivity index (χ1) is 15.1. The molecule has 0 radical (unpaired) electrons. The number of rotatable bonds is 8. The summed E-state index contributed by atoms with van der Waals surface area (Å²) in [5.41, 5.74) is 2.54. The van der Waals surface area contributed by atoms with E-state index in [4.69, 9.17) is 9.73 Å². The Kier molecular flexibility index (Phi) is 8.09. The van der Waals surface area contributed by atoms with Crippen LogP contribution in [0, 0.1) is 0 Å². The van der Waals surface area contributed by atoms with E-state index in [2.05, 4.69) is 35.1 Å². The Morgan fingerprint density at radius 1 is 1.26 bits per heavy atom. The summed E-state index contributed by atoms with van der Waals surface area (Å²) in [7, 11) is 0. The highest BCUT2D eigenvalue weighted by atomic mass is 32.2. The first kappa shape index (κ1) is 23.3. The molecule has 1 aromatic carbocycles. The number of nitrogens with one attached hydrogen (secondary N) is 1. The van der Waals surface area contributed by atoms with Crippen LogP contribution in [-0.2, 0) is 10.3 Å². The predicted octanol–water partition coefficient (Wildman–Crippen LogP) is 5.03. The van der Waals surface area contributed by atoms with Crippen LogP contribution < -0.4 is 5.32 Å². The number of ether oxygens (including phenoxy) is 1. The Labute approximate surface area is 191 Å². The van der Waals surface area contributed by atoms with Crippen LogP contribution in [0.5, 0.6) is 0 Å². The average Bonchev–Trinajstić information content (AvgIpc) is 3.40. The molecule has 0 saturated heterocycles. The molecule has 2 heterocycles. The van der Waals surface area contributed by atoms with Crippen molar-refractivity contribution in [1.82, 2.24) is 9.88 Å². The number of hydrogen-bond acceptors (Lipinski definition) is 7. The van der Waals surface area contributed by atoms with Gasteiger partial charge in [-0.25, -0.2) is 9.79 Å². The van der Waals surface area contributed by atoms with Gasteiger partial charge in [-0.1, -0.05) is 45.5 Å². The Morgan fingerprint density at radius 2 is 2.00 bits per heavy atom. The summed E-state index contributed by atoms with van der Waals surface area (Å²) < 4.78 is 5.38. The monoisotopic (exact) mass is 442 g/mol. The number of aromatic nitrogens is 1. The van der Waals surface area contributed by atoms with E-state index in [1.54, 1.807) is 30.1 Å². The van der Waals surface area contributed by atoms with Crippen LogP contribution in [0.4, 0.5) is 5.69 Å². The maximum absolute atomic E-state index is 12.2. The molecule has 31 heavy (non-hydrogen) atoms. The van der Waals surface area contributed by atoms with Crippen molar-refractivity contribution in [1.29, 1.82) is 0 Å². The number of nitrogens with zero attached hydrogens (tertiary/aromatic N) is 3. The molecule has 1 fully saturated rings. The lowest BCUT2D eigenvalue weighted by molar-refractivity contribution is 0.0466. The first-order valence-electron chi connectivity index (χ1n) is 11.1. The lowest BCUT2D eigenvalue weighted by Gasteiger charge is -2.17. The smallest absolute Gasteiger partial charge is 0.338 e. The largest absolute Gasteiger partial charge is 0.461 e. The van der Waals surface area contributed by atoms with Gasteiger partial charge in [0, 0.05) is 31.3 Å². The number of pyridine rings is 1. The molecule has 0 spiro atoms. The number of carbonyl (C=O) groups excluding carboxylic acids is 1. The number of amidine groups is 1. The third-order valence-electron chi connectivity index (χ3n) is 5.49. The van der Waals surface area contributed by atoms with Gasteiger partial charge in [-0.05, 0) is 55.4 Å². The molecular formula is C24H34N4O2S. The lowest BCUT2D eigenvalue weighted by Crippen LogP contribution is -2.27. The van der Waals surface area contributed by atoms with E-state index in [9.17, 15) is 4.79 Å². The summed E-state index contributed by atoms with van der Waals surface area (Å²) in [6.07, 6.45) is 4.76. The summed E-state index contributed by atoms with van der Waals surface area (Å²) in [6, 6.07) is 11.4. The SMILES string of the molecule is CC.CCN(CC)CCOC(=O)c1ccc(NC2=NC3(c4cccnc4)CC3S2)cc1.[HH]. The van der Waals surface area contributed by atoms with E-state index in [1.165, 1.54) is 5.56 Å². The Hall–Kier alpha value is -2.38. The third kappa shape index (κ3) is 5.46. The van der Waals surface area contributed by atoms with E-state index in [0.717, 1.165) is 36.9 Å². The molecule has 1 aliphatic heterocycles. The average molecular weight is 443 g/mol. The number of aliphatic imine (C=N–C) groups is 1. The van der Waals surface area contributed by atoms with E-state index in [-0.39, 0.29) is 12.9 Å². The van der Waals surface area contributed by atoms with Crippen molar-refractivity contribution in [3.63, 3.8) is 0 Å². The van der Waals surface area contributed by atoms with Gasteiger partial charge in [-0.3, -0.25) is 4.98 Å². The number of carbonyl (C=O) groups is 1. The standard InChI is InChI=1S/C22H26N4O2S.C2H6.H2/c1-3-26(4-2)12-13-28-20(27)16-7-9-18(10-8-16)24-21-25-22(14-19(22)29-21)17-6-5-11-23-15-17;1-2;/h5-11,15,19H,3-4,12-14H2,1-2H3,(H,24,25);1-2H3;1H. The molecule has 2 unspecified atom stereocenters. The second-order valence-corrected chi connectivity index (χ2v) is 8.45. The van der Waals surface area contributed by atoms with Crippen molar-refractivity contribution in [3.05, 3.63) is 59.9 Å². The van der Waals surface area contributed by atoms with Crippen LogP contribution in [-0.4, -0.2) is 52.5 Å². The summed E-state index contributed by atoms with van der Waals surface area (Å²) in [5, 5.41) is 4.77. The van der Waals surface area contributed by atoms with E-state index < -0.39 is 0 Å². The van der Waals surface area contributed by atoms with Crippen LogP contribution in [0.3, 0.4) is 0 Å². The fourth-order valence-electron chi connectivity index (χ4n) is 3.57. The molecule has 2 aromatic rings. The van der Waals surface area contributed by atoms with Crippen molar-refractivity contribution in [2.24, 2.45) is 4.99 Å². The van der Waals surface area contributed by atoms with Gasteiger partial charge < -0.3 is 15.0 Å². The zero-order valence-electron chi connectivity index (χ0n) is 18.8. The number of hydrogen-bond donors (Lipinski definition) is 1. The lowest BCUT2D eigenvalue weighted by atomic mass is 10.1. The van der Waals surface area contributed by atoms with Crippen molar-refractivity contribution in [2.75, 3.05) is 31.6 Å². The van der Waals surface area contributed by atoms with Crippen molar-refractivity contribution in [3.8, 4) is 0 Å². The van der Waals surface area contributed by atoms with Crippen LogP contribution in [0.1, 0.15) is 51.5 Å². The Morgan fingerprint density at radius 3 is 2.65 bits per heavy atom. The molecule has 168 valence electrons. The zero-order valence-corrected chi connectivity index (χ0v) is 19.6. The summed E-state index contributed by atoms with van der Waals surface area (Å²) >= 11 is 1.77. The number of thioether (sulfide) groups is 1. The van der Waals surface area contributed by atoms with Gasteiger partial charge in [-0.2, -0.15) is 0 Å². The quantitative estimate of drug-likeness (QED) is 0.578. The van der Waals surface area contributed by atoms with Gasteiger partial charge >= 0.3 is 5.97 Å². The Balaban J connectivity index is 0.00000118. The molecule has 2 aliphatic rings.